The van der Waals surface area contributed by atoms with Gasteiger partial charge in [0.1, 0.15) is 70.5 Å². The van der Waals surface area contributed by atoms with Crippen molar-refractivity contribution in [1.82, 2.24) is 51.1 Å². The number of carboxylic acids is 2. The van der Waals surface area contributed by atoms with Crippen LogP contribution in [0.4, 0.5) is 0 Å². The summed E-state index contributed by atoms with van der Waals surface area (Å²) in [4.78, 5) is 140. The number of fused-ring (bicyclic) bond motifs is 1. The molecule has 2 aliphatic heterocycles. The van der Waals surface area contributed by atoms with Crippen LogP contribution < -0.4 is 57.6 Å². The second kappa shape index (κ2) is 38.9. The Morgan fingerprint density at radius 2 is 1.25 bits per heavy atom. The number of carbonyl (C=O) groups excluding carboxylic acids is 7. The Morgan fingerprint density at radius 1 is 0.696 bits per heavy atom. The molecule has 28 nitrogen and oxygen atoms in total. The number of benzene rings is 5. The van der Waals surface area contributed by atoms with Crippen molar-refractivity contribution in [2.45, 2.75) is 243 Å². The molecule has 0 bridgehead atoms. The molecular formula is C85H115N13O15S2. The Morgan fingerprint density at radius 3 is 1.80 bits per heavy atom. The molecular weight excluding hydrogens is 1510 g/mol. The van der Waals surface area contributed by atoms with Crippen molar-refractivity contribution >= 4 is 81.0 Å². The number of aliphatic carboxylic acids is 2. The van der Waals surface area contributed by atoms with E-state index in [0.29, 0.717) is 58.7 Å². The standard InChI is InChI=1S/C85H115N13O15S2/c1-50(2)43-66(80(108)109)93-77(105)68-34-26-42-98(68)79(107)65(45-59-47-97(49-89-59)85(56-27-19-16-20-28-56,57-29-21-17-22-30-57)58-31-23-18-24-32-58)92-76(104)67(48-114-83(11,12)13)94-75(103)64(44-55-35-37-60(38-36-55)112-82(8,9)10)91-78(106)70(51(3)4)95-74(102)63(90-73(101)62(86)46-69(99)100)33-25-41-88-81(87)96-115(110,111)72-53(6)52(5)71-61(54(72)7)39-40-84(14,15)113-71/h16-24,27-32,35-38,47,49-51,62-68,70H,25-26,33-34,39-46,48,86H2,1-15H3,(H,90,101)(H,91,106)(H,92,104)(H,93,105)(H,94,103)(H,95,102)(H,99,100)(H,108,109)(H3,87,88,96)/t62-,63-,64-,65-,66-,67-,68-,70-/m0/s1. The van der Waals surface area contributed by atoms with Gasteiger partial charge in [-0.25, -0.2) is 22.9 Å². The quantitative estimate of drug-likeness (QED) is 0.00773. The molecule has 0 radical (unpaired) electrons. The van der Waals surface area contributed by atoms with E-state index in [1.807, 2.05) is 171 Å². The molecule has 13 N–H and O–H groups in total. The van der Waals surface area contributed by atoms with Crippen LogP contribution in [0.2, 0.25) is 0 Å². The first-order valence-corrected chi connectivity index (χ1v) is 41.5. The zero-order valence-corrected chi connectivity index (χ0v) is 70.2. The Kier molecular flexibility index (Phi) is 30.5. The summed E-state index contributed by atoms with van der Waals surface area (Å²) >= 11 is 1.32. The molecule has 1 aromatic heterocycles. The van der Waals surface area contributed by atoms with Gasteiger partial charge in [-0.15, -0.1) is 0 Å². The minimum Gasteiger partial charge on any atom is -0.488 e. The number of carbonyl (C=O) groups is 9. The number of likely N-dealkylation sites (tertiary alicyclic amines) is 1. The summed E-state index contributed by atoms with van der Waals surface area (Å²) in [5.41, 5.74) is 16.1. The third kappa shape index (κ3) is 24.1. The van der Waals surface area contributed by atoms with Gasteiger partial charge in [-0.3, -0.25) is 43.3 Å². The first kappa shape index (κ1) is 90.2. The fourth-order valence-corrected chi connectivity index (χ4v) is 16.8. The SMILES string of the molecule is Cc1c(C)c(S(=O)(=O)NC(N)=NCCC[C@H](NC(=O)[C@@H](N)CC(=O)O)C(=O)N[C@H](C(=O)N[C@@H](Cc2ccc(OC(C)(C)C)cc2)C(=O)N[C@@H](CSC(C)(C)C)C(=O)N[C@@H](Cc2cn(C(c3ccccc3)(c3ccccc3)c3ccccc3)cn2)C(=O)N2CCC[C@H]2C(=O)N[C@@H](CC(C)C)C(=O)O)C(C)C)c(C)c2c1OC(C)(C)CC2. The van der Waals surface area contributed by atoms with Gasteiger partial charge in [0.25, 0.3) is 10.0 Å². The molecule has 5 aromatic carbocycles. The molecule has 2 aliphatic rings. The first-order valence-electron chi connectivity index (χ1n) is 39.1. The maximum atomic E-state index is 15.7. The predicted octanol–water partition coefficient (Wildman–Crippen LogP) is 7.81. The normalized spacial score (nSPS) is 16.3. The van der Waals surface area contributed by atoms with Crippen molar-refractivity contribution in [2.75, 3.05) is 18.8 Å². The Bertz CT molecular complexity index is 4490. The van der Waals surface area contributed by atoms with E-state index < -0.39 is 151 Å². The van der Waals surface area contributed by atoms with Crippen molar-refractivity contribution < 1.29 is 71.3 Å². The van der Waals surface area contributed by atoms with Crippen LogP contribution in [-0.2, 0) is 78.0 Å². The highest BCUT2D eigenvalue weighted by Gasteiger charge is 2.44. The average Bonchev–Trinajstić information content (AvgIpc) is 1.73. The van der Waals surface area contributed by atoms with Crippen LogP contribution in [0.25, 0.3) is 0 Å². The van der Waals surface area contributed by atoms with Gasteiger partial charge in [0.15, 0.2) is 0 Å². The van der Waals surface area contributed by atoms with Crippen molar-refractivity contribution in [1.29, 1.82) is 0 Å². The van der Waals surface area contributed by atoms with Crippen molar-refractivity contribution in [3.63, 3.8) is 0 Å². The Hall–Kier alpha value is -10.3. The van der Waals surface area contributed by atoms with E-state index in [0.717, 1.165) is 22.3 Å². The van der Waals surface area contributed by atoms with Gasteiger partial charge < -0.3 is 72.5 Å². The van der Waals surface area contributed by atoms with E-state index in [1.54, 1.807) is 65.2 Å². The number of aliphatic imine (C=N–C) groups is 1. The fraction of sp³-hybridized carbons (Fsp3) is 0.494. The van der Waals surface area contributed by atoms with Crippen molar-refractivity contribution in [3.8, 4) is 11.5 Å². The van der Waals surface area contributed by atoms with E-state index in [1.165, 1.54) is 16.7 Å². The van der Waals surface area contributed by atoms with Gasteiger partial charge in [-0.2, -0.15) is 11.8 Å². The lowest BCUT2D eigenvalue weighted by Crippen LogP contribution is -2.61. The smallest absolute Gasteiger partial charge is 0.326 e. The third-order valence-corrected chi connectivity index (χ3v) is 23.2. The third-order valence-electron chi connectivity index (χ3n) is 20.2. The van der Waals surface area contributed by atoms with Crippen LogP contribution in [0.15, 0.2) is 138 Å². The number of imidazole rings is 1. The number of ether oxygens (including phenoxy) is 2. The number of nitrogens with zero attached hydrogens (tertiary/aromatic N) is 4. The Balaban J connectivity index is 1.11. The summed E-state index contributed by atoms with van der Waals surface area (Å²) < 4.78 is 44.4. The van der Waals surface area contributed by atoms with E-state index in [-0.39, 0.29) is 68.2 Å². The number of hydrogen-bond acceptors (Lipinski definition) is 17. The van der Waals surface area contributed by atoms with Gasteiger partial charge in [0, 0.05) is 42.6 Å². The summed E-state index contributed by atoms with van der Waals surface area (Å²) in [5.74, 6) is -8.75. The molecule has 3 heterocycles. The molecule has 1 saturated heterocycles. The Labute approximate surface area is 679 Å². The molecule has 7 amide bonds. The highest BCUT2D eigenvalue weighted by Crippen LogP contribution is 2.44. The van der Waals surface area contributed by atoms with Crippen molar-refractivity contribution in [3.05, 3.63) is 178 Å². The highest BCUT2D eigenvalue weighted by atomic mass is 32.2. The number of nitrogens with two attached hydrogens (primary N) is 2. The maximum absolute atomic E-state index is 15.7. The molecule has 622 valence electrons. The fourth-order valence-electron chi connectivity index (χ4n) is 14.4. The number of hydrogen-bond donors (Lipinski definition) is 11. The molecule has 1 fully saturated rings. The van der Waals surface area contributed by atoms with E-state index in [4.69, 9.17) is 25.9 Å². The van der Waals surface area contributed by atoms with Crippen LogP contribution in [0.5, 0.6) is 11.5 Å². The molecule has 0 spiro atoms. The molecule has 115 heavy (non-hydrogen) atoms. The lowest BCUT2D eigenvalue weighted by Gasteiger charge is -2.37. The molecule has 0 saturated carbocycles. The number of guanidine groups is 1. The van der Waals surface area contributed by atoms with Gasteiger partial charge in [-0.05, 0) is 169 Å². The summed E-state index contributed by atoms with van der Waals surface area (Å²) in [7, 11) is -4.32. The minimum absolute atomic E-state index is 0.0293. The molecule has 8 atom stereocenters. The zero-order chi connectivity index (χ0) is 84.7. The topological polar surface area (TPSA) is 416 Å². The number of aromatic nitrogens is 2. The number of carboxylic acid groups (broad SMARTS) is 2. The van der Waals surface area contributed by atoms with Crippen LogP contribution in [-0.4, -0.2) is 175 Å². The molecule has 30 heteroatoms. The average molecular weight is 1620 g/mol. The van der Waals surface area contributed by atoms with Gasteiger partial charge in [-0.1, -0.05) is 152 Å². The second-order valence-corrected chi connectivity index (χ2v) is 36.5. The van der Waals surface area contributed by atoms with Gasteiger partial charge >= 0.3 is 11.9 Å². The van der Waals surface area contributed by atoms with Gasteiger partial charge in [0.2, 0.25) is 47.3 Å². The first-order chi connectivity index (χ1) is 54.0. The lowest BCUT2D eigenvalue weighted by molar-refractivity contribution is -0.145. The van der Waals surface area contributed by atoms with Crippen molar-refractivity contribution in [2.24, 2.45) is 28.3 Å². The molecule has 6 aromatic rings. The summed E-state index contributed by atoms with van der Waals surface area (Å²) in [6.45, 7) is 27.3. The largest absolute Gasteiger partial charge is 0.488 e. The number of sulfonamides is 1. The number of thioether (sulfide) groups is 1. The monoisotopic (exact) mass is 1620 g/mol. The number of amides is 7. The van der Waals surface area contributed by atoms with E-state index in [2.05, 4.69) is 41.6 Å². The maximum Gasteiger partial charge on any atom is 0.326 e. The highest BCUT2D eigenvalue weighted by molar-refractivity contribution is 8.00. The molecule has 8 rings (SSSR count). The summed E-state index contributed by atoms with van der Waals surface area (Å²) in [6, 6.07) is 24.9. The van der Waals surface area contributed by atoms with Crippen LogP contribution >= 0.6 is 11.8 Å². The lowest BCUT2D eigenvalue weighted by atomic mass is 9.77. The van der Waals surface area contributed by atoms with E-state index >= 15 is 19.2 Å². The van der Waals surface area contributed by atoms with Crippen LogP contribution in [0, 0.1) is 32.6 Å². The van der Waals surface area contributed by atoms with E-state index in [9.17, 15) is 42.6 Å². The second-order valence-electron chi connectivity index (χ2n) is 33.1. The molecule has 0 aliphatic carbocycles. The number of nitrogens with one attached hydrogen (secondary N) is 7. The zero-order valence-electron chi connectivity index (χ0n) is 68.6. The van der Waals surface area contributed by atoms with Crippen LogP contribution in [0.3, 0.4) is 0 Å². The predicted molar refractivity (Wildman–Crippen MR) is 441 cm³/mol. The van der Waals surface area contributed by atoms with Crippen LogP contribution in [0.1, 0.15) is 178 Å². The summed E-state index contributed by atoms with van der Waals surface area (Å²) in [5, 5.41) is 36.4. The number of rotatable bonds is 36. The minimum atomic E-state index is -4.32. The molecule has 0 unspecified atom stereocenters. The summed E-state index contributed by atoms with van der Waals surface area (Å²) in [6.07, 6.45) is 3.86. The van der Waals surface area contributed by atoms with Gasteiger partial charge in [0.05, 0.1) is 29.4 Å².